The standard InChI is InChI=1S/C19H24N4O3S/c1-6-15-22-18(23-26-15)19(2,3)20-10-12-11-27-17(21-12)13-8-7-9-14(24-4)16(13)25-5/h7-9,11,20H,6,10H2,1-5H3. The van der Waals surface area contributed by atoms with Gasteiger partial charge in [-0.15, -0.1) is 11.3 Å². The maximum Gasteiger partial charge on any atom is 0.226 e. The number of hydrogen-bond acceptors (Lipinski definition) is 8. The third kappa shape index (κ3) is 4.12. The molecule has 0 aliphatic carbocycles. The van der Waals surface area contributed by atoms with Crippen molar-refractivity contribution < 1.29 is 14.0 Å². The van der Waals surface area contributed by atoms with Crippen molar-refractivity contribution in [3.63, 3.8) is 0 Å². The minimum atomic E-state index is -0.422. The molecule has 144 valence electrons. The van der Waals surface area contributed by atoms with Crippen LogP contribution in [0.5, 0.6) is 11.5 Å². The van der Waals surface area contributed by atoms with Crippen molar-refractivity contribution in [1.82, 2.24) is 20.4 Å². The van der Waals surface area contributed by atoms with Gasteiger partial charge >= 0.3 is 0 Å². The zero-order valence-electron chi connectivity index (χ0n) is 16.2. The first-order valence-electron chi connectivity index (χ1n) is 8.72. The van der Waals surface area contributed by atoms with Gasteiger partial charge in [0.1, 0.15) is 5.01 Å². The van der Waals surface area contributed by atoms with E-state index in [-0.39, 0.29) is 0 Å². The van der Waals surface area contributed by atoms with Crippen molar-refractivity contribution in [2.75, 3.05) is 14.2 Å². The third-order valence-electron chi connectivity index (χ3n) is 4.23. The summed E-state index contributed by atoms with van der Waals surface area (Å²) in [6.07, 6.45) is 0.723. The Balaban J connectivity index is 1.75. The van der Waals surface area contributed by atoms with E-state index in [1.165, 1.54) is 0 Å². The minimum Gasteiger partial charge on any atom is -0.493 e. The highest BCUT2D eigenvalue weighted by Gasteiger charge is 2.26. The van der Waals surface area contributed by atoms with Gasteiger partial charge in [0.25, 0.3) is 0 Å². The average molecular weight is 388 g/mol. The normalized spacial score (nSPS) is 11.6. The number of ether oxygens (including phenoxy) is 2. The average Bonchev–Trinajstić information content (AvgIpc) is 3.35. The van der Waals surface area contributed by atoms with Crippen LogP contribution in [-0.4, -0.2) is 29.3 Å². The Hall–Kier alpha value is -2.45. The quantitative estimate of drug-likeness (QED) is 0.628. The van der Waals surface area contributed by atoms with E-state index in [0.717, 1.165) is 22.7 Å². The summed E-state index contributed by atoms with van der Waals surface area (Å²) in [5, 5.41) is 10.4. The number of aromatic nitrogens is 3. The lowest BCUT2D eigenvalue weighted by molar-refractivity contribution is 0.333. The van der Waals surface area contributed by atoms with Crippen LogP contribution in [0.1, 0.15) is 38.2 Å². The molecule has 0 fully saturated rings. The fourth-order valence-corrected chi connectivity index (χ4v) is 3.45. The maximum atomic E-state index is 5.52. The van der Waals surface area contributed by atoms with Gasteiger partial charge in [-0.25, -0.2) is 4.98 Å². The fraction of sp³-hybridized carbons (Fsp3) is 0.421. The number of thiazole rings is 1. The van der Waals surface area contributed by atoms with Crippen LogP contribution in [-0.2, 0) is 18.5 Å². The lowest BCUT2D eigenvalue weighted by Crippen LogP contribution is -2.37. The number of para-hydroxylation sites is 1. The van der Waals surface area contributed by atoms with Gasteiger partial charge in [-0.2, -0.15) is 4.98 Å². The zero-order chi connectivity index (χ0) is 19.4. The van der Waals surface area contributed by atoms with Gasteiger partial charge in [-0.05, 0) is 26.0 Å². The summed E-state index contributed by atoms with van der Waals surface area (Å²) in [4.78, 5) is 9.16. The second-order valence-electron chi connectivity index (χ2n) is 6.53. The summed E-state index contributed by atoms with van der Waals surface area (Å²) in [5.41, 5.74) is 1.43. The molecule has 0 radical (unpaired) electrons. The predicted molar refractivity (Wildman–Crippen MR) is 104 cm³/mol. The van der Waals surface area contributed by atoms with Crippen LogP contribution in [0.2, 0.25) is 0 Å². The van der Waals surface area contributed by atoms with Crippen LogP contribution in [0, 0.1) is 0 Å². The number of methoxy groups -OCH3 is 2. The van der Waals surface area contributed by atoms with Gasteiger partial charge in [-0.1, -0.05) is 18.1 Å². The lowest BCUT2D eigenvalue weighted by Gasteiger charge is -2.21. The summed E-state index contributed by atoms with van der Waals surface area (Å²) in [5.74, 6) is 2.66. The molecule has 3 rings (SSSR count). The highest BCUT2D eigenvalue weighted by molar-refractivity contribution is 7.13. The third-order valence-corrected chi connectivity index (χ3v) is 5.15. The highest BCUT2D eigenvalue weighted by atomic mass is 32.1. The Kier molecular flexibility index (Phi) is 5.76. The molecule has 0 saturated heterocycles. The largest absolute Gasteiger partial charge is 0.493 e. The molecule has 0 spiro atoms. The first-order valence-corrected chi connectivity index (χ1v) is 9.60. The molecule has 1 aromatic carbocycles. The van der Waals surface area contributed by atoms with E-state index in [1.54, 1.807) is 25.6 Å². The Morgan fingerprint density at radius 2 is 2.00 bits per heavy atom. The van der Waals surface area contributed by atoms with Gasteiger partial charge in [-0.3, -0.25) is 5.32 Å². The molecule has 0 aliphatic rings. The molecule has 2 aromatic heterocycles. The molecule has 1 N–H and O–H groups in total. The van der Waals surface area contributed by atoms with Crippen molar-refractivity contribution in [1.29, 1.82) is 0 Å². The molecule has 3 aromatic rings. The maximum absolute atomic E-state index is 5.52. The van der Waals surface area contributed by atoms with E-state index in [9.17, 15) is 0 Å². The molecular weight excluding hydrogens is 364 g/mol. The molecule has 27 heavy (non-hydrogen) atoms. The Morgan fingerprint density at radius 1 is 1.19 bits per heavy atom. The smallest absolute Gasteiger partial charge is 0.226 e. The van der Waals surface area contributed by atoms with E-state index in [2.05, 4.69) is 15.5 Å². The number of benzene rings is 1. The number of nitrogens with zero attached hydrogens (tertiary/aromatic N) is 3. The highest BCUT2D eigenvalue weighted by Crippen LogP contribution is 2.39. The first-order chi connectivity index (χ1) is 13.0. The summed E-state index contributed by atoms with van der Waals surface area (Å²) in [6, 6.07) is 5.78. The van der Waals surface area contributed by atoms with Crippen LogP contribution >= 0.6 is 11.3 Å². The molecule has 0 saturated carbocycles. The van der Waals surface area contributed by atoms with Crippen LogP contribution in [0.15, 0.2) is 28.1 Å². The van der Waals surface area contributed by atoms with Crippen LogP contribution in [0.4, 0.5) is 0 Å². The molecule has 2 heterocycles. The van der Waals surface area contributed by atoms with Crippen LogP contribution in [0.25, 0.3) is 10.6 Å². The Bertz CT molecular complexity index is 904. The minimum absolute atomic E-state index is 0.422. The van der Waals surface area contributed by atoms with E-state index in [4.69, 9.17) is 19.0 Å². The lowest BCUT2D eigenvalue weighted by atomic mass is 10.1. The van der Waals surface area contributed by atoms with Crippen molar-refractivity contribution in [3.05, 3.63) is 41.0 Å². The number of nitrogens with one attached hydrogen (secondary N) is 1. The Labute approximate surface area is 162 Å². The van der Waals surface area contributed by atoms with Gasteiger partial charge in [0.05, 0.1) is 31.0 Å². The fourth-order valence-electron chi connectivity index (χ4n) is 2.61. The predicted octanol–water partition coefficient (Wildman–Crippen LogP) is 3.80. The molecule has 8 heteroatoms. The molecule has 0 aliphatic heterocycles. The van der Waals surface area contributed by atoms with Gasteiger partial charge in [0, 0.05) is 18.3 Å². The summed E-state index contributed by atoms with van der Waals surface area (Å²) >= 11 is 1.57. The summed E-state index contributed by atoms with van der Waals surface area (Å²) in [6.45, 7) is 6.62. The molecule has 0 atom stereocenters. The van der Waals surface area contributed by atoms with E-state index in [0.29, 0.717) is 29.8 Å². The van der Waals surface area contributed by atoms with Crippen molar-refractivity contribution >= 4 is 11.3 Å². The topological polar surface area (TPSA) is 82.3 Å². The van der Waals surface area contributed by atoms with Gasteiger partial charge in [0.15, 0.2) is 17.3 Å². The number of aryl methyl sites for hydroxylation is 1. The zero-order valence-corrected chi connectivity index (χ0v) is 17.0. The van der Waals surface area contributed by atoms with Crippen molar-refractivity contribution in [2.24, 2.45) is 0 Å². The number of hydrogen-bond donors (Lipinski definition) is 1. The molecule has 7 nitrogen and oxygen atoms in total. The second kappa shape index (κ2) is 8.06. The van der Waals surface area contributed by atoms with Gasteiger partial charge < -0.3 is 14.0 Å². The Morgan fingerprint density at radius 3 is 2.67 bits per heavy atom. The number of rotatable bonds is 8. The SMILES string of the molecule is CCc1nc(C(C)(C)NCc2csc(-c3cccc(OC)c3OC)n2)no1. The van der Waals surface area contributed by atoms with E-state index >= 15 is 0 Å². The summed E-state index contributed by atoms with van der Waals surface area (Å²) in [7, 11) is 3.26. The second-order valence-corrected chi connectivity index (χ2v) is 7.39. The van der Waals surface area contributed by atoms with E-state index in [1.807, 2.05) is 44.4 Å². The van der Waals surface area contributed by atoms with Crippen molar-refractivity contribution in [3.8, 4) is 22.1 Å². The summed E-state index contributed by atoms with van der Waals surface area (Å²) < 4.78 is 16.1. The van der Waals surface area contributed by atoms with Crippen LogP contribution < -0.4 is 14.8 Å². The van der Waals surface area contributed by atoms with Crippen LogP contribution in [0.3, 0.4) is 0 Å². The first kappa shape index (κ1) is 19.3. The molecular formula is C19H24N4O3S. The van der Waals surface area contributed by atoms with E-state index < -0.39 is 5.54 Å². The molecule has 0 unspecified atom stereocenters. The molecule has 0 amide bonds. The van der Waals surface area contributed by atoms with Crippen molar-refractivity contribution in [2.45, 2.75) is 39.3 Å². The monoisotopic (exact) mass is 388 g/mol. The van der Waals surface area contributed by atoms with Gasteiger partial charge in [0.2, 0.25) is 5.89 Å². The molecule has 0 bridgehead atoms.